The van der Waals surface area contributed by atoms with Crippen LogP contribution in [0.1, 0.15) is 21.6 Å². The van der Waals surface area contributed by atoms with Gasteiger partial charge in [-0.2, -0.15) is 13.2 Å². The minimum Gasteiger partial charge on any atom is -0.506 e. The number of aromatic hydroxyl groups is 1. The highest BCUT2D eigenvalue weighted by Crippen LogP contribution is 2.36. The molecule has 0 atom stereocenters. The van der Waals surface area contributed by atoms with Gasteiger partial charge in [0, 0.05) is 72.9 Å². The lowest BCUT2D eigenvalue weighted by atomic mass is 10.0. The van der Waals surface area contributed by atoms with Gasteiger partial charge in [-0.1, -0.05) is 30.3 Å². The predicted molar refractivity (Wildman–Crippen MR) is 193 cm³/mol. The zero-order chi connectivity index (χ0) is 37.6. The number of benzene rings is 3. The molecule has 17 heteroatoms. The van der Waals surface area contributed by atoms with Crippen LogP contribution in [0, 0.1) is 5.82 Å². The Morgan fingerprint density at radius 2 is 1.68 bits per heavy atom. The van der Waals surface area contributed by atoms with Crippen molar-refractivity contribution in [1.82, 2.24) is 24.8 Å². The number of rotatable bonds is 12. The second-order valence-electron chi connectivity index (χ2n) is 12.0. The van der Waals surface area contributed by atoms with Crippen molar-refractivity contribution in [3.8, 4) is 16.9 Å². The Morgan fingerprint density at radius 1 is 0.906 bits per heavy atom. The van der Waals surface area contributed by atoms with E-state index in [2.05, 4.69) is 25.4 Å². The van der Waals surface area contributed by atoms with Crippen LogP contribution < -0.4 is 14.9 Å². The summed E-state index contributed by atoms with van der Waals surface area (Å²) in [7, 11) is -4.70. The van der Waals surface area contributed by atoms with Gasteiger partial charge in [0.15, 0.2) is 11.5 Å². The molecule has 5 aromatic rings. The summed E-state index contributed by atoms with van der Waals surface area (Å²) < 4.78 is 84.5. The zero-order valence-electron chi connectivity index (χ0n) is 27.9. The molecule has 1 aliphatic heterocycles. The molecule has 0 radical (unpaired) electrons. The average Bonchev–Trinajstić information content (AvgIpc) is 3.14. The molecule has 3 aromatic carbocycles. The molecule has 1 saturated heterocycles. The van der Waals surface area contributed by atoms with Crippen molar-refractivity contribution in [2.45, 2.75) is 22.5 Å². The van der Waals surface area contributed by atoms with Gasteiger partial charge in [0.1, 0.15) is 11.6 Å². The summed E-state index contributed by atoms with van der Waals surface area (Å²) >= 11 is 1.45. The van der Waals surface area contributed by atoms with Crippen LogP contribution in [0.3, 0.4) is 0 Å². The molecule has 6 rings (SSSR count). The van der Waals surface area contributed by atoms with E-state index in [-0.39, 0.29) is 23.7 Å². The molecular formula is C36H33F4N7O4S2. The highest BCUT2D eigenvalue weighted by atomic mass is 32.2. The minimum atomic E-state index is -4.87. The Morgan fingerprint density at radius 3 is 2.36 bits per heavy atom. The van der Waals surface area contributed by atoms with Gasteiger partial charge in [0.05, 0.1) is 16.7 Å². The highest BCUT2D eigenvalue weighted by molar-refractivity contribution is 7.99. The fourth-order valence-electron chi connectivity index (χ4n) is 5.66. The van der Waals surface area contributed by atoms with E-state index >= 15 is 0 Å². The van der Waals surface area contributed by atoms with E-state index in [1.54, 1.807) is 10.8 Å². The lowest BCUT2D eigenvalue weighted by Crippen LogP contribution is -2.46. The Labute approximate surface area is 307 Å². The van der Waals surface area contributed by atoms with E-state index in [4.69, 9.17) is 0 Å². The van der Waals surface area contributed by atoms with Crippen LogP contribution in [0.5, 0.6) is 5.75 Å². The van der Waals surface area contributed by atoms with Gasteiger partial charge in [-0.05, 0) is 60.2 Å². The van der Waals surface area contributed by atoms with E-state index in [0.29, 0.717) is 61.5 Å². The molecule has 1 amide bonds. The van der Waals surface area contributed by atoms with Gasteiger partial charge in [0.25, 0.3) is 15.9 Å². The van der Waals surface area contributed by atoms with Gasteiger partial charge in [-0.15, -0.1) is 22.0 Å². The summed E-state index contributed by atoms with van der Waals surface area (Å²) in [5.41, 5.74) is -0.239. The van der Waals surface area contributed by atoms with Crippen molar-refractivity contribution in [3.63, 3.8) is 0 Å². The molecular weight excluding hydrogens is 735 g/mol. The summed E-state index contributed by atoms with van der Waals surface area (Å²) in [6.07, 6.45) is -2.12. The largest absolute Gasteiger partial charge is 0.506 e. The molecule has 53 heavy (non-hydrogen) atoms. The number of sulfonamides is 1. The minimum absolute atomic E-state index is 0.0548. The van der Waals surface area contributed by atoms with E-state index in [1.807, 2.05) is 41.3 Å². The summed E-state index contributed by atoms with van der Waals surface area (Å²) in [4.78, 5) is 21.0. The molecule has 11 nitrogen and oxygen atoms in total. The first-order valence-corrected chi connectivity index (χ1v) is 18.8. The number of aromatic nitrogens is 3. The third-order valence-corrected chi connectivity index (χ3v) is 10.7. The molecule has 0 unspecified atom stereocenters. The van der Waals surface area contributed by atoms with Gasteiger partial charge in [-0.25, -0.2) is 17.5 Å². The standard InChI is InChI=1S/C36H33F4N7O4S2/c37-31-18-24(6-8-29(31)25-19-26(48)22-41-21-25)23-46-13-15-47(16-14-46)34-11-10-33(43-44-34)35(49)45-53(50,51)28-7-9-32(30(20-28)36(38,39)40)42-12-17-52-27-4-2-1-3-5-27/h1-11,18-22,42,48H,12-17,23H2,(H,45,49). The van der Waals surface area contributed by atoms with Crippen molar-refractivity contribution in [2.75, 3.05) is 48.7 Å². The molecule has 3 N–H and O–H groups in total. The van der Waals surface area contributed by atoms with Crippen LogP contribution in [-0.2, 0) is 22.7 Å². The normalized spacial score (nSPS) is 13.8. The van der Waals surface area contributed by atoms with Crippen molar-refractivity contribution >= 4 is 39.2 Å². The number of nitrogens with zero attached hydrogens (tertiary/aromatic N) is 5. The number of anilines is 2. The Bertz CT molecular complexity index is 2170. The van der Waals surface area contributed by atoms with Crippen molar-refractivity contribution in [1.29, 1.82) is 0 Å². The number of carbonyl (C=O) groups is 1. The lowest BCUT2D eigenvalue weighted by molar-refractivity contribution is -0.137. The van der Waals surface area contributed by atoms with Crippen molar-refractivity contribution < 1.29 is 35.9 Å². The van der Waals surface area contributed by atoms with E-state index in [0.717, 1.165) is 22.6 Å². The fraction of sp³-hybridized carbons (Fsp3) is 0.222. The topological polar surface area (TPSA) is 141 Å². The van der Waals surface area contributed by atoms with Crippen LogP contribution in [0.25, 0.3) is 11.1 Å². The SMILES string of the molecule is O=C(NS(=O)(=O)c1ccc(NCCSc2ccccc2)c(C(F)(F)F)c1)c1ccc(N2CCN(Cc3ccc(-c4cncc(O)c4)c(F)c3)CC2)nn1. The Kier molecular flexibility index (Phi) is 11.4. The summed E-state index contributed by atoms with van der Waals surface area (Å²) in [5, 5.41) is 20.3. The third kappa shape index (κ3) is 9.60. The molecule has 276 valence electrons. The maximum absolute atomic E-state index is 14.9. The number of carbonyl (C=O) groups excluding carboxylic acids is 1. The first-order chi connectivity index (χ1) is 25.4. The van der Waals surface area contributed by atoms with Gasteiger partial charge in [0.2, 0.25) is 0 Å². The molecule has 1 aliphatic rings. The van der Waals surface area contributed by atoms with Crippen LogP contribution in [0.2, 0.25) is 0 Å². The number of thioether (sulfide) groups is 1. The number of alkyl halides is 3. The fourth-order valence-corrected chi connectivity index (χ4v) is 7.43. The second-order valence-corrected chi connectivity index (χ2v) is 14.9. The van der Waals surface area contributed by atoms with Gasteiger partial charge >= 0.3 is 6.18 Å². The smallest absolute Gasteiger partial charge is 0.418 e. The highest BCUT2D eigenvalue weighted by Gasteiger charge is 2.35. The monoisotopic (exact) mass is 767 g/mol. The average molecular weight is 768 g/mol. The molecule has 2 aromatic heterocycles. The molecule has 1 fully saturated rings. The van der Waals surface area contributed by atoms with Crippen LogP contribution in [-0.4, -0.2) is 78.0 Å². The molecule has 0 spiro atoms. The number of hydrogen-bond donors (Lipinski definition) is 3. The van der Waals surface area contributed by atoms with Crippen LogP contribution in [0.4, 0.5) is 29.1 Å². The van der Waals surface area contributed by atoms with E-state index in [1.165, 1.54) is 48.4 Å². The summed E-state index contributed by atoms with van der Waals surface area (Å²) in [6, 6.07) is 21.0. The van der Waals surface area contributed by atoms with E-state index < -0.39 is 38.4 Å². The van der Waals surface area contributed by atoms with Gasteiger partial charge < -0.3 is 15.3 Å². The van der Waals surface area contributed by atoms with E-state index in [9.17, 15) is 35.9 Å². The number of piperazine rings is 1. The lowest BCUT2D eigenvalue weighted by Gasteiger charge is -2.35. The Balaban J connectivity index is 1.02. The number of halogens is 4. The molecule has 3 heterocycles. The Hall–Kier alpha value is -5.26. The quantitative estimate of drug-likeness (QED) is 0.0777. The number of amides is 1. The maximum Gasteiger partial charge on any atom is 0.418 e. The number of nitrogens with one attached hydrogen (secondary N) is 2. The zero-order valence-corrected chi connectivity index (χ0v) is 29.6. The van der Waals surface area contributed by atoms with Crippen molar-refractivity contribution in [3.05, 3.63) is 120 Å². The van der Waals surface area contributed by atoms with Crippen LogP contribution in [0.15, 0.2) is 107 Å². The summed E-state index contributed by atoms with van der Waals surface area (Å²) in [5.74, 6) is -0.726. The first-order valence-electron chi connectivity index (χ1n) is 16.3. The molecule has 0 aliphatic carbocycles. The van der Waals surface area contributed by atoms with Crippen molar-refractivity contribution in [2.24, 2.45) is 0 Å². The summed E-state index contributed by atoms with van der Waals surface area (Å²) in [6.45, 7) is 3.00. The third-order valence-electron chi connectivity index (χ3n) is 8.32. The number of hydrogen-bond acceptors (Lipinski definition) is 11. The molecule has 0 bridgehead atoms. The predicted octanol–water partition coefficient (Wildman–Crippen LogP) is 6.05. The van der Waals surface area contributed by atoms with Crippen LogP contribution >= 0.6 is 11.8 Å². The van der Waals surface area contributed by atoms with Gasteiger partial charge in [-0.3, -0.25) is 14.7 Å². The first kappa shape index (κ1) is 37.5. The number of pyridine rings is 1. The maximum atomic E-state index is 14.9. The molecule has 0 saturated carbocycles. The second kappa shape index (κ2) is 16.2.